The Kier molecular flexibility index (Phi) is 6.87. The minimum Gasteiger partial charge on any atom is -0.494 e. The summed E-state index contributed by atoms with van der Waals surface area (Å²) in [7, 11) is 1.88. The Morgan fingerprint density at radius 2 is 2.00 bits per heavy atom. The number of Topliss-reactive ketones (excluding diaryl/α,β-unsaturated/α-hetero) is 1. The van der Waals surface area contributed by atoms with Gasteiger partial charge in [-0.05, 0) is 66.9 Å². The van der Waals surface area contributed by atoms with Crippen molar-refractivity contribution in [2.75, 3.05) is 6.61 Å². The van der Waals surface area contributed by atoms with Crippen molar-refractivity contribution in [3.8, 4) is 5.75 Å². The van der Waals surface area contributed by atoms with Crippen molar-refractivity contribution < 1.29 is 14.6 Å². The molecule has 7 heteroatoms. The first kappa shape index (κ1) is 22.0. The second kappa shape index (κ2) is 9.97. The SMILES string of the molecule is Cn1ccnc1SC1=CC(O)(CCCCOc2ccccc2)/C(=C\c2cccnc2)C1=O. The number of nitrogens with zero attached hydrogens (tertiary/aromatic N) is 3. The molecule has 0 fully saturated rings. The Balaban J connectivity index is 1.48. The summed E-state index contributed by atoms with van der Waals surface area (Å²) < 4.78 is 7.60. The van der Waals surface area contributed by atoms with Crippen molar-refractivity contribution in [1.82, 2.24) is 14.5 Å². The number of hydrogen-bond donors (Lipinski definition) is 1. The molecule has 1 aliphatic rings. The normalized spacial score (nSPS) is 19.4. The van der Waals surface area contributed by atoms with Gasteiger partial charge in [0, 0.05) is 37.4 Å². The van der Waals surface area contributed by atoms with E-state index in [2.05, 4.69) is 9.97 Å². The van der Waals surface area contributed by atoms with Gasteiger partial charge in [0.25, 0.3) is 0 Å². The molecule has 0 radical (unpaired) electrons. The van der Waals surface area contributed by atoms with Crippen LogP contribution in [0.3, 0.4) is 0 Å². The highest BCUT2D eigenvalue weighted by molar-refractivity contribution is 8.03. The fraction of sp³-hybridized carbons (Fsp3) is 0.240. The van der Waals surface area contributed by atoms with E-state index in [9.17, 15) is 9.90 Å². The van der Waals surface area contributed by atoms with Crippen LogP contribution in [0, 0.1) is 0 Å². The third kappa shape index (κ3) is 5.18. The molecule has 1 atom stereocenters. The van der Waals surface area contributed by atoms with Gasteiger partial charge in [0.1, 0.15) is 11.4 Å². The lowest BCUT2D eigenvalue weighted by molar-refractivity contribution is -0.112. The van der Waals surface area contributed by atoms with E-state index in [1.807, 2.05) is 60.3 Å². The molecule has 1 aliphatic carbocycles. The summed E-state index contributed by atoms with van der Waals surface area (Å²) >= 11 is 1.27. The highest BCUT2D eigenvalue weighted by Crippen LogP contribution is 2.42. The molecule has 1 unspecified atom stereocenters. The fourth-order valence-corrected chi connectivity index (χ4v) is 4.51. The first-order chi connectivity index (χ1) is 15.5. The number of thioether (sulfide) groups is 1. The molecule has 6 nitrogen and oxygen atoms in total. The van der Waals surface area contributed by atoms with Gasteiger partial charge < -0.3 is 14.4 Å². The van der Waals surface area contributed by atoms with Crippen LogP contribution in [0.4, 0.5) is 0 Å². The summed E-state index contributed by atoms with van der Waals surface area (Å²) in [5.41, 5.74) is -0.197. The number of rotatable bonds is 9. The quantitative estimate of drug-likeness (QED) is 0.386. The summed E-state index contributed by atoms with van der Waals surface area (Å²) in [6.45, 7) is 0.550. The van der Waals surface area contributed by atoms with E-state index >= 15 is 0 Å². The van der Waals surface area contributed by atoms with E-state index in [1.165, 1.54) is 11.8 Å². The number of allylic oxidation sites excluding steroid dienone is 1. The molecular formula is C25H25N3O3S. The second-order valence-corrected chi connectivity index (χ2v) is 8.66. The zero-order chi connectivity index (χ0) is 22.4. The highest BCUT2D eigenvalue weighted by atomic mass is 32.2. The van der Waals surface area contributed by atoms with Crippen LogP contribution in [0.1, 0.15) is 24.8 Å². The number of ether oxygens (including phenoxy) is 1. The number of pyridine rings is 1. The van der Waals surface area contributed by atoms with Crippen molar-refractivity contribution >= 4 is 23.6 Å². The molecule has 0 saturated carbocycles. The average Bonchev–Trinajstić information content (AvgIpc) is 3.31. The van der Waals surface area contributed by atoms with Crippen LogP contribution in [0.5, 0.6) is 5.75 Å². The molecule has 0 spiro atoms. The third-order valence-electron chi connectivity index (χ3n) is 5.24. The lowest BCUT2D eigenvalue weighted by atomic mass is 9.89. The average molecular weight is 448 g/mol. The Hall–Kier alpha value is -3.16. The van der Waals surface area contributed by atoms with E-state index in [-0.39, 0.29) is 5.78 Å². The zero-order valence-electron chi connectivity index (χ0n) is 17.8. The number of benzene rings is 1. The summed E-state index contributed by atoms with van der Waals surface area (Å²) in [5, 5.41) is 12.2. The number of unbranched alkanes of at least 4 members (excludes halogenated alkanes) is 1. The summed E-state index contributed by atoms with van der Waals surface area (Å²) in [5.74, 6) is 0.651. The summed E-state index contributed by atoms with van der Waals surface area (Å²) in [4.78, 5) is 22.1. The Labute approximate surface area is 191 Å². The standard InChI is InChI=1S/C25H25N3O3S/c1-28-14-13-27-24(28)32-22-17-25(30,11-5-6-15-31-20-9-3-2-4-10-20)21(23(22)29)16-19-8-7-12-26-18-19/h2-4,7-10,12-14,16-18,30H,5-6,11,15H2,1H3/b21-16-. The maximum Gasteiger partial charge on any atom is 0.198 e. The molecule has 0 amide bonds. The van der Waals surface area contributed by atoms with Gasteiger partial charge in [-0.3, -0.25) is 9.78 Å². The number of aromatic nitrogens is 3. The summed E-state index contributed by atoms with van der Waals surface area (Å²) in [6.07, 6.45) is 12.2. The van der Waals surface area contributed by atoms with Crippen molar-refractivity contribution in [3.05, 3.63) is 89.4 Å². The molecule has 164 valence electrons. The van der Waals surface area contributed by atoms with Crippen molar-refractivity contribution in [2.24, 2.45) is 7.05 Å². The Morgan fingerprint density at radius 1 is 1.16 bits per heavy atom. The lowest BCUT2D eigenvalue weighted by Gasteiger charge is -2.22. The van der Waals surface area contributed by atoms with Crippen LogP contribution in [0.15, 0.2) is 89.0 Å². The van der Waals surface area contributed by atoms with Gasteiger partial charge in [-0.2, -0.15) is 0 Å². The molecule has 0 bridgehead atoms. The molecule has 4 rings (SSSR count). The van der Waals surface area contributed by atoms with Gasteiger partial charge >= 0.3 is 0 Å². The Morgan fingerprint density at radius 3 is 2.72 bits per heavy atom. The van der Waals surface area contributed by atoms with E-state index in [0.29, 0.717) is 35.1 Å². The van der Waals surface area contributed by atoms with Crippen molar-refractivity contribution in [1.29, 1.82) is 0 Å². The van der Waals surface area contributed by atoms with E-state index in [1.54, 1.807) is 30.7 Å². The van der Waals surface area contributed by atoms with Crippen molar-refractivity contribution in [3.63, 3.8) is 0 Å². The highest BCUT2D eigenvalue weighted by Gasteiger charge is 2.42. The molecule has 0 aliphatic heterocycles. The number of imidazole rings is 1. The van der Waals surface area contributed by atoms with Crippen molar-refractivity contribution in [2.45, 2.75) is 30.0 Å². The molecule has 2 heterocycles. The van der Waals surface area contributed by atoms with Crippen LogP contribution in [-0.4, -0.2) is 37.6 Å². The maximum atomic E-state index is 13.2. The van der Waals surface area contributed by atoms with Gasteiger partial charge in [-0.1, -0.05) is 24.3 Å². The van der Waals surface area contributed by atoms with Gasteiger partial charge in [0.2, 0.25) is 0 Å². The van der Waals surface area contributed by atoms with Gasteiger partial charge in [-0.25, -0.2) is 4.98 Å². The Bertz CT molecular complexity index is 1130. The molecule has 1 N–H and O–H groups in total. The predicted octanol–water partition coefficient (Wildman–Crippen LogP) is 4.44. The summed E-state index contributed by atoms with van der Waals surface area (Å²) in [6, 6.07) is 13.3. The van der Waals surface area contributed by atoms with E-state index < -0.39 is 5.60 Å². The lowest BCUT2D eigenvalue weighted by Crippen LogP contribution is -2.28. The van der Waals surface area contributed by atoms with E-state index in [0.717, 1.165) is 17.7 Å². The van der Waals surface area contributed by atoms with Crippen LogP contribution >= 0.6 is 11.8 Å². The maximum absolute atomic E-state index is 13.2. The first-order valence-corrected chi connectivity index (χ1v) is 11.3. The minimum absolute atomic E-state index is 0.176. The third-order valence-corrected chi connectivity index (χ3v) is 6.34. The number of para-hydroxylation sites is 1. The molecule has 1 aromatic carbocycles. The number of ketones is 1. The van der Waals surface area contributed by atoms with Crippen LogP contribution in [-0.2, 0) is 11.8 Å². The smallest absolute Gasteiger partial charge is 0.198 e. The van der Waals surface area contributed by atoms with Crippen LogP contribution in [0.2, 0.25) is 0 Å². The molecule has 2 aromatic heterocycles. The first-order valence-electron chi connectivity index (χ1n) is 10.5. The number of aliphatic hydroxyl groups is 1. The largest absolute Gasteiger partial charge is 0.494 e. The topological polar surface area (TPSA) is 77.2 Å². The monoisotopic (exact) mass is 447 g/mol. The molecule has 32 heavy (non-hydrogen) atoms. The number of carbonyl (C=O) groups excluding carboxylic acids is 1. The number of aryl methyl sites for hydroxylation is 1. The van der Waals surface area contributed by atoms with Crippen LogP contribution in [0.25, 0.3) is 6.08 Å². The number of hydrogen-bond acceptors (Lipinski definition) is 6. The van der Waals surface area contributed by atoms with Gasteiger partial charge in [0.15, 0.2) is 10.9 Å². The van der Waals surface area contributed by atoms with Gasteiger partial charge in [0.05, 0.1) is 11.5 Å². The predicted molar refractivity (Wildman–Crippen MR) is 125 cm³/mol. The van der Waals surface area contributed by atoms with E-state index in [4.69, 9.17) is 4.74 Å². The fourth-order valence-electron chi connectivity index (χ4n) is 3.54. The molecule has 3 aromatic rings. The number of carbonyl (C=O) groups is 1. The zero-order valence-corrected chi connectivity index (χ0v) is 18.7. The van der Waals surface area contributed by atoms with Crippen LogP contribution < -0.4 is 4.74 Å². The minimum atomic E-state index is -1.34. The van der Waals surface area contributed by atoms with Gasteiger partial charge in [-0.15, -0.1) is 0 Å². The second-order valence-electron chi connectivity index (χ2n) is 7.65. The molecule has 0 saturated heterocycles. The molecular weight excluding hydrogens is 422 g/mol.